The number of unbranched alkanes of at least 4 members (excludes halogenated alkanes) is 6. The van der Waals surface area contributed by atoms with Gasteiger partial charge in [-0.1, -0.05) is 144 Å². The summed E-state index contributed by atoms with van der Waals surface area (Å²) in [7, 11) is -2.06. The minimum Gasteiger partial charge on any atom is -0.543 e. The first kappa shape index (κ1) is 55.7. The lowest BCUT2D eigenvalue weighted by Gasteiger charge is -2.43. The number of aryl methyl sites for hydroxylation is 1. The van der Waals surface area contributed by atoms with Crippen molar-refractivity contribution in [2.24, 2.45) is 11.8 Å². The molecular weight excluding hydrogens is 831 g/mol. The molecule has 2 aromatic rings. The molecule has 1 saturated heterocycles. The maximum absolute atomic E-state index is 12.6. The van der Waals surface area contributed by atoms with E-state index in [4.69, 9.17) is 9.16 Å². The van der Waals surface area contributed by atoms with Crippen LogP contribution in [0.25, 0.3) is 0 Å². The Balaban J connectivity index is 0.000000289. The summed E-state index contributed by atoms with van der Waals surface area (Å²) in [5, 5.41) is 22.5. The fourth-order valence-corrected chi connectivity index (χ4v) is 12.1. The van der Waals surface area contributed by atoms with Crippen LogP contribution in [0.3, 0.4) is 0 Å². The summed E-state index contributed by atoms with van der Waals surface area (Å²) in [4.78, 5) is 15.2. The van der Waals surface area contributed by atoms with Crippen LogP contribution in [0, 0.1) is 18.8 Å². The van der Waals surface area contributed by atoms with Crippen molar-refractivity contribution in [1.29, 1.82) is 0 Å². The summed E-state index contributed by atoms with van der Waals surface area (Å²) in [5.41, 5.74) is 8.02. The number of allylic oxidation sites excluding steroid dienone is 2. The van der Waals surface area contributed by atoms with E-state index in [1.54, 1.807) is 0 Å². The number of nitrogens with zero attached hydrogens (tertiary/aromatic N) is 1. The van der Waals surface area contributed by atoms with Crippen molar-refractivity contribution < 1.29 is 24.2 Å². The Bertz CT molecular complexity index is 1890. The number of phenolic OH excluding ortho intramolecular Hbond substituents is 2. The lowest BCUT2D eigenvalue weighted by atomic mass is 9.69. The standard InChI is InChI=1S/C31H52O2Si.C28H45NO3/c1-12-13-14-15-18-31(8,9)24-19-23(4)29(27-21-25(32)16-17-26(27)22(2)3)28(20-24)33-34(10,11)30(5,6)7;1-6-7-8-9-12-28(4,5)21-17-25(30)27(26(31)18-21)24-19-22(10-11-23(24)20(2)3)29-13-15-32-16-14-29/h19-20,26-27H,2,12-18,21H2,1,3-11H3;17-18,22-24,30-31H,2,6-16,19H2,1,3-5H3/t26-,27+;22-,23+,24-/m01/s1. The number of ether oxygens (including phenoxy) is 1. The third-order valence-electron chi connectivity index (χ3n) is 16.6. The third kappa shape index (κ3) is 14.6. The first-order valence-electron chi connectivity index (χ1n) is 26.4. The molecular formula is C59H97NO5Si. The van der Waals surface area contributed by atoms with E-state index in [9.17, 15) is 15.0 Å². The molecule has 3 fully saturated rings. The van der Waals surface area contributed by atoms with E-state index in [0.717, 1.165) is 80.9 Å². The fourth-order valence-electron chi connectivity index (χ4n) is 11.0. The molecule has 66 heavy (non-hydrogen) atoms. The Hall–Kier alpha value is -2.87. The normalized spacial score (nSPS) is 22.4. The molecule has 1 heterocycles. The number of hydrogen-bond donors (Lipinski definition) is 2. The number of ketones is 1. The summed E-state index contributed by atoms with van der Waals surface area (Å²) in [6, 6.07) is 9.04. The van der Waals surface area contributed by atoms with Gasteiger partial charge < -0.3 is 19.4 Å². The second-order valence-electron chi connectivity index (χ2n) is 23.9. The number of carbonyl (C=O) groups is 1. The summed E-state index contributed by atoms with van der Waals surface area (Å²) < 4.78 is 12.6. The van der Waals surface area contributed by atoms with Gasteiger partial charge in [-0.05, 0) is 146 Å². The van der Waals surface area contributed by atoms with Crippen LogP contribution in [0.4, 0.5) is 0 Å². The average molecular weight is 929 g/mol. The SMILES string of the molecule is C=C(C)[C@@H]1CCC(=O)C[C@H]1c1c(C)cc(C(C)(C)CCCCCC)cc1O[Si](C)(C)C(C)(C)C.C=C(C)[C@@H]1CC[C@@H](N2CCOCC2)C[C@H]1c1c(O)cc(C(C)(C)CCCCCC)cc1O. The average Bonchev–Trinajstić information content (AvgIpc) is 3.23. The van der Waals surface area contributed by atoms with Gasteiger partial charge in [0.15, 0.2) is 0 Å². The van der Waals surface area contributed by atoms with E-state index in [2.05, 4.69) is 126 Å². The molecule has 0 amide bonds. The van der Waals surface area contributed by atoms with Crippen molar-refractivity contribution >= 4 is 14.1 Å². The predicted molar refractivity (Wildman–Crippen MR) is 283 cm³/mol. The molecule has 2 aromatic carbocycles. The van der Waals surface area contributed by atoms with E-state index in [1.807, 2.05) is 12.1 Å². The number of benzene rings is 2. The molecule has 0 spiro atoms. The van der Waals surface area contributed by atoms with Gasteiger partial charge in [-0.2, -0.15) is 0 Å². The second kappa shape index (κ2) is 24.1. The molecule has 1 aliphatic heterocycles. The van der Waals surface area contributed by atoms with Gasteiger partial charge in [-0.25, -0.2) is 0 Å². The molecule has 372 valence electrons. The number of rotatable bonds is 19. The minimum atomic E-state index is -2.06. The van der Waals surface area contributed by atoms with Gasteiger partial charge in [0, 0.05) is 43.5 Å². The number of hydrogen-bond acceptors (Lipinski definition) is 6. The van der Waals surface area contributed by atoms with Gasteiger partial charge >= 0.3 is 0 Å². The molecule has 2 saturated carbocycles. The molecule has 5 rings (SSSR count). The maximum Gasteiger partial charge on any atom is 0.250 e. The maximum atomic E-state index is 12.6. The van der Waals surface area contributed by atoms with Crippen molar-refractivity contribution in [3.05, 3.63) is 76.4 Å². The number of carbonyl (C=O) groups excluding carboxylic acids is 1. The van der Waals surface area contributed by atoms with Crippen LogP contribution in [0.5, 0.6) is 17.2 Å². The van der Waals surface area contributed by atoms with Crippen LogP contribution in [0.15, 0.2) is 48.6 Å². The molecule has 2 aliphatic carbocycles. The molecule has 0 bridgehead atoms. The smallest absolute Gasteiger partial charge is 0.250 e. The Labute approximate surface area is 405 Å². The van der Waals surface area contributed by atoms with E-state index < -0.39 is 8.32 Å². The van der Waals surface area contributed by atoms with Gasteiger partial charge in [-0.15, -0.1) is 0 Å². The molecule has 0 radical (unpaired) electrons. The molecule has 5 atom stereocenters. The van der Waals surface area contributed by atoms with Crippen LogP contribution in [0.1, 0.15) is 219 Å². The summed E-state index contributed by atoms with van der Waals surface area (Å²) in [6.45, 7) is 43.8. The lowest BCUT2D eigenvalue weighted by molar-refractivity contribution is -0.121. The number of morpholine rings is 1. The highest BCUT2D eigenvalue weighted by Crippen LogP contribution is 2.51. The van der Waals surface area contributed by atoms with Gasteiger partial charge in [0.25, 0.3) is 0 Å². The first-order valence-corrected chi connectivity index (χ1v) is 29.3. The van der Waals surface area contributed by atoms with E-state index in [-0.39, 0.29) is 45.1 Å². The zero-order chi connectivity index (χ0) is 49.2. The van der Waals surface area contributed by atoms with Crippen molar-refractivity contribution in [2.75, 3.05) is 26.3 Å². The zero-order valence-corrected chi connectivity index (χ0v) is 45.8. The number of phenols is 2. The van der Waals surface area contributed by atoms with Crippen LogP contribution in [-0.2, 0) is 20.4 Å². The topological polar surface area (TPSA) is 79.2 Å². The Kier molecular flexibility index (Phi) is 20.4. The summed E-state index contributed by atoms with van der Waals surface area (Å²) >= 11 is 0. The lowest BCUT2D eigenvalue weighted by Crippen LogP contribution is -2.46. The Morgan fingerprint density at radius 1 is 0.742 bits per heavy atom. The third-order valence-corrected chi connectivity index (χ3v) is 20.9. The van der Waals surface area contributed by atoms with Gasteiger partial charge in [-0.3, -0.25) is 9.69 Å². The molecule has 0 unspecified atom stereocenters. The van der Waals surface area contributed by atoms with Crippen LogP contribution < -0.4 is 4.43 Å². The summed E-state index contributed by atoms with van der Waals surface area (Å²) in [5.74, 6) is 2.80. The molecule has 3 aliphatic rings. The fraction of sp³-hybridized carbons (Fsp3) is 0.712. The van der Waals surface area contributed by atoms with Crippen molar-refractivity contribution in [3.8, 4) is 17.2 Å². The van der Waals surface area contributed by atoms with Crippen molar-refractivity contribution in [1.82, 2.24) is 4.90 Å². The van der Waals surface area contributed by atoms with E-state index >= 15 is 0 Å². The van der Waals surface area contributed by atoms with E-state index in [0.29, 0.717) is 30.6 Å². The highest BCUT2D eigenvalue weighted by atomic mass is 28.4. The van der Waals surface area contributed by atoms with Crippen LogP contribution in [-0.4, -0.2) is 61.6 Å². The van der Waals surface area contributed by atoms with Gasteiger partial charge in [0.1, 0.15) is 23.0 Å². The van der Waals surface area contributed by atoms with Gasteiger partial charge in [0.2, 0.25) is 8.32 Å². The highest BCUT2D eigenvalue weighted by Gasteiger charge is 2.42. The largest absolute Gasteiger partial charge is 0.543 e. The van der Waals surface area contributed by atoms with Crippen LogP contribution >= 0.6 is 0 Å². The molecule has 0 aromatic heterocycles. The monoisotopic (exact) mass is 928 g/mol. The predicted octanol–water partition coefficient (Wildman–Crippen LogP) is 16.2. The quantitative estimate of drug-likeness (QED) is 0.0830. The van der Waals surface area contributed by atoms with Crippen LogP contribution in [0.2, 0.25) is 18.1 Å². The summed E-state index contributed by atoms with van der Waals surface area (Å²) in [6.07, 6.45) is 17.6. The minimum absolute atomic E-state index is 0.0715. The number of Topliss-reactive ketones (excluding diaryl/α,β-unsaturated/α-hetero) is 1. The molecule has 2 N–H and O–H groups in total. The highest BCUT2D eigenvalue weighted by molar-refractivity contribution is 6.74. The molecule has 7 heteroatoms. The Morgan fingerprint density at radius 2 is 1.26 bits per heavy atom. The molecule has 6 nitrogen and oxygen atoms in total. The van der Waals surface area contributed by atoms with E-state index in [1.165, 1.54) is 80.1 Å². The van der Waals surface area contributed by atoms with Gasteiger partial charge in [0.05, 0.1) is 13.2 Å². The second-order valence-corrected chi connectivity index (χ2v) is 28.6. The number of aromatic hydroxyl groups is 2. The first-order chi connectivity index (χ1) is 30.8. The Morgan fingerprint density at radius 3 is 1.76 bits per heavy atom. The van der Waals surface area contributed by atoms with Crippen molar-refractivity contribution in [3.63, 3.8) is 0 Å². The zero-order valence-electron chi connectivity index (χ0n) is 44.8. The van der Waals surface area contributed by atoms with Crippen molar-refractivity contribution in [2.45, 2.75) is 233 Å².